The van der Waals surface area contributed by atoms with E-state index < -0.39 is 27.6 Å². The minimum Gasteiger partial charge on any atom is -0.497 e. The molecule has 0 bridgehead atoms. The van der Waals surface area contributed by atoms with Crippen LogP contribution in [0.15, 0.2) is 89.5 Å². The highest BCUT2D eigenvalue weighted by Gasteiger charge is 2.42. The van der Waals surface area contributed by atoms with Gasteiger partial charge in [0, 0.05) is 5.57 Å². The zero-order chi connectivity index (χ0) is 22.6. The number of hydrogen-bond acceptors (Lipinski definition) is 4. The van der Waals surface area contributed by atoms with E-state index >= 15 is 0 Å². The van der Waals surface area contributed by atoms with Gasteiger partial charge in [-0.25, -0.2) is 0 Å². The molecule has 8 heteroatoms. The zero-order valence-electron chi connectivity index (χ0n) is 16.7. The summed E-state index contributed by atoms with van der Waals surface area (Å²) < 4.78 is 77.6. The Morgan fingerprint density at radius 2 is 1.35 bits per heavy atom. The Balaban J connectivity index is 2.24. The number of ether oxygens (including phenoxy) is 1. The molecule has 0 N–H and O–H groups in total. The third-order valence-electron chi connectivity index (χ3n) is 4.43. The Kier molecular flexibility index (Phi) is 6.40. The molecular weight excluding hydrogens is 429 g/mol. The molecule has 0 amide bonds. The third kappa shape index (κ3) is 5.27. The predicted octanol–water partition coefficient (Wildman–Crippen LogP) is 5.73. The third-order valence-corrected chi connectivity index (χ3v) is 5.66. The Bertz CT molecular complexity index is 1170. The molecule has 0 aliphatic carbocycles. The van der Waals surface area contributed by atoms with E-state index in [1.54, 1.807) is 25.1 Å². The van der Waals surface area contributed by atoms with Gasteiger partial charge in [-0.15, -0.1) is 0 Å². The molecule has 0 aliphatic heterocycles. The number of methoxy groups -OCH3 is 1. The van der Waals surface area contributed by atoms with Gasteiger partial charge in [-0.05, 0) is 42.3 Å². The lowest BCUT2D eigenvalue weighted by Crippen LogP contribution is -2.21. The SMILES string of the molecule is COc1ccc(/C(=C(/OS(=O)(=O)c2ccc(C)cc2)C(F)(F)F)c2ccccc2)cc1. The quantitative estimate of drug-likeness (QED) is 0.357. The fraction of sp³-hybridized carbons (Fsp3) is 0.130. The van der Waals surface area contributed by atoms with Gasteiger partial charge < -0.3 is 8.92 Å². The molecule has 4 nitrogen and oxygen atoms in total. The summed E-state index contributed by atoms with van der Waals surface area (Å²) in [4.78, 5) is -0.373. The summed E-state index contributed by atoms with van der Waals surface area (Å²) in [5.74, 6) is -1.18. The molecule has 0 fully saturated rings. The molecule has 0 saturated carbocycles. The lowest BCUT2D eigenvalue weighted by Gasteiger charge is -2.19. The molecular formula is C23H19F3O4S. The molecule has 0 heterocycles. The molecule has 0 aliphatic rings. The van der Waals surface area contributed by atoms with E-state index in [-0.39, 0.29) is 16.0 Å². The molecule has 3 aromatic carbocycles. The Hall–Kier alpha value is -3.26. The van der Waals surface area contributed by atoms with Crippen molar-refractivity contribution in [3.63, 3.8) is 0 Å². The molecule has 0 atom stereocenters. The van der Waals surface area contributed by atoms with Crippen LogP contribution in [-0.4, -0.2) is 21.7 Å². The number of rotatable bonds is 6. The van der Waals surface area contributed by atoms with Gasteiger partial charge in [-0.1, -0.05) is 60.2 Å². The molecule has 0 saturated heterocycles. The van der Waals surface area contributed by atoms with E-state index in [9.17, 15) is 21.6 Å². The summed E-state index contributed by atoms with van der Waals surface area (Å²) in [7, 11) is -3.30. The maximum Gasteiger partial charge on any atom is 0.451 e. The molecule has 3 rings (SSSR count). The van der Waals surface area contributed by atoms with Crippen molar-refractivity contribution in [1.82, 2.24) is 0 Å². The van der Waals surface area contributed by atoms with Gasteiger partial charge >= 0.3 is 16.3 Å². The summed E-state index contributed by atoms with van der Waals surface area (Å²) in [6, 6.07) is 18.8. The highest BCUT2D eigenvalue weighted by molar-refractivity contribution is 7.86. The fourth-order valence-electron chi connectivity index (χ4n) is 2.88. The highest BCUT2D eigenvalue weighted by atomic mass is 32.2. The second-order valence-electron chi connectivity index (χ2n) is 6.65. The first-order valence-corrected chi connectivity index (χ1v) is 10.5. The Morgan fingerprint density at radius 3 is 1.87 bits per heavy atom. The van der Waals surface area contributed by atoms with E-state index in [1.165, 1.54) is 67.8 Å². The predicted molar refractivity (Wildman–Crippen MR) is 111 cm³/mol. The van der Waals surface area contributed by atoms with Crippen molar-refractivity contribution in [3.05, 3.63) is 101 Å². The minimum atomic E-state index is -5.08. The highest BCUT2D eigenvalue weighted by Crippen LogP contribution is 2.39. The van der Waals surface area contributed by atoms with Gasteiger partial charge in [0.05, 0.1) is 7.11 Å². The smallest absolute Gasteiger partial charge is 0.451 e. The van der Waals surface area contributed by atoms with E-state index in [1.807, 2.05) is 0 Å². The van der Waals surface area contributed by atoms with Crippen molar-refractivity contribution in [2.45, 2.75) is 18.0 Å². The number of aryl methyl sites for hydroxylation is 1. The molecule has 0 radical (unpaired) electrons. The largest absolute Gasteiger partial charge is 0.497 e. The number of allylic oxidation sites excluding steroid dienone is 1. The second-order valence-corrected chi connectivity index (χ2v) is 8.19. The summed E-state index contributed by atoms with van der Waals surface area (Å²) in [5, 5.41) is 0. The summed E-state index contributed by atoms with van der Waals surface area (Å²) >= 11 is 0. The van der Waals surface area contributed by atoms with Crippen LogP contribution in [0.2, 0.25) is 0 Å². The van der Waals surface area contributed by atoms with Crippen LogP contribution in [0.4, 0.5) is 13.2 Å². The fourth-order valence-corrected chi connectivity index (χ4v) is 3.85. The van der Waals surface area contributed by atoms with Crippen molar-refractivity contribution >= 4 is 15.7 Å². The number of halogens is 3. The maximum atomic E-state index is 14.1. The molecule has 162 valence electrons. The minimum absolute atomic E-state index is 0.124. The van der Waals surface area contributed by atoms with E-state index in [0.717, 1.165) is 5.56 Å². The van der Waals surface area contributed by atoms with E-state index in [2.05, 4.69) is 0 Å². The topological polar surface area (TPSA) is 52.6 Å². The van der Waals surface area contributed by atoms with Gasteiger partial charge in [0.1, 0.15) is 10.6 Å². The molecule has 3 aromatic rings. The van der Waals surface area contributed by atoms with Crippen molar-refractivity contribution in [2.24, 2.45) is 0 Å². The molecule has 31 heavy (non-hydrogen) atoms. The van der Waals surface area contributed by atoms with Crippen molar-refractivity contribution in [1.29, 1.82) is 0 Å². The normalized spacial score (nSPS) is 12.8. The lowest BCUT2D eigenvalue weighted by molar-refractivity contribution is -0.114. The number of hydrogen-bond donors (Lipinski definition) is 0. The maximum absolute atomic E-state index is 14.1. The van der Waals surface area contributed by atoms with Crippen LogP contribution in [0.25, 0.3) is 5.57 Å². The van der Waals surface area contributed by atoms with Gasteiger partial charge in [0.15, 0.2) is 0 Å². The first-order chi connectivity index (χ1) is 14.6. The van der Waals surface area contributed by atoms with E-state index in [0.29, 0.717) is 5.75 Å². The van der Waals surface area contributed by atoms with Crippen LogP contribution in [0.3, 0.4) is 0 Å². The van der Waals surface area contributed by atoms with Crippen molar-refractivity contribution in [2.75, 3.05) is 7.11 Å². The standard InChI is InChI=1S/C23H19F3O4S/c1-16-8-14-20(15-9-16)31(27,28)30-22(23(24,25)26)21(17-6-4-3-5-7-17)18-10-12-19(29-2)13-11-18/h3-15H,1-2H3/b22-21+. The number of benzene rings is 3. The van der Waals surface area contributed by atoms with Crippen LogP contribution in [-0.2, 0) is 14.3 Å². The second kappa shape index (κ2) is 8.85. The van der Waals surface area contributed by atoms with Crippen molar-refractivity contribution in [3.8, 4) is 5.75 Å². The monoisotopic (exact) mass is 448 g/mol. The summed E-state index contributed by atoms with van der Waals surface area (Å²) in [6.07, 6.45) is -5.08. The zero-order valence-corrected chi connectivity index (χ0v) is 17.5. The average Bonchev–Trinajstić information content (AvgIpc) is 2.74. The molecule has 0 unspecified atom stereocenters. The molecule has 0 spiro atoms. The Morgan fingerprint density at radius 1 is 0.806 bits per heavy atom. The van der Waals surface area contributed by atoms with Gasteiger partial charge in [0.2, 0.25) is 5.76 Å². The van der Waals surface area contributed by atoms with Gasteiger partial charge in [-0.2, -0.15) is 21.6 Å². The van der Waals surface area contributed by atoms with Crippen LogP contribution in [0, 0.1) is 6.92 Å². The van der Waals surface area contributed by atoms with Crippen LogP contribution in [0.5, 0.6) is 5.75 Å². The number of alkyl halides is 3. The van der Waals surface area contributed by atoms with E-state index in [4.69, 9.17) is 8.92 Å². The summed E-state index contributed by atoms with van der Waals surface area (Å²) in [6.45, 7) is 1.73. The first kappa shape index (κ1) is 22.4. The van der Waals surface area contributed by atoms with Crippen LogP contribution in [0.1, 0.15) is 16.7 Å². The lowest BCUT2D eigenvalue weighted by atomic mass is 9.96. The average molecular weight is 448 g/mol. The molecule has 0 aromatic heterocycles. The van der Waals surface area contributed by atoms with Gasteiger partial charge in [-0.3, -0.25) is 0 Å². The Labute approximate surface area is 178 Å². The first-order valence-electron chi connectivity index (χ1n) is 9.14. The summed E-state index contributed by atoms with van der Waals surface area (Å²) in [5.41, 5.74) is 0.637. The van der Waals surface area contributed by atoms with Gasteiger partial charge in [0.25, 0.3) is 0 Å². The van der Waals surface area contributed by atoms with Crippen molar-refractivity contribution < 1.29 is 30.5 Å². The van der Waals surface area contributed by atoms with Crippen LogP contribution >= 0.6 is 0 Å². The van der Waals surface area contributed by atoms with Crippen LogP contribution < -0.4 is 4.74 Å².